The Kier molecular flexibility index (Phi) is 2.66. The van der Waals surface area contributed by atoms with Gasteiger partial charge >= 0.3 is 0 Å². The number of nitrogens with two attached hydrogens (primary N) is 1. The summed E-state index contributed by atoms with van der Waals surface area (Å²) >= 11 is 0. The van der Waals surface area contributed by atoms with Crippen LogP contribution in [0.4, 0.5) is 0 Å². The van der Waals surface area contributed by atoms with E-state index in [1.165, 1.54) is 0 Å². The van der Waals surface area contributed by atoms with E-state index in [-0.39, 0.29) is 5.75 Å². The van der Waals surface area contributed by atoms with Crippen LogP contribution >= 0.6 is 0 Å². The molecule has 0 amide bonds. The van der Waals surface area contributed by atoms with Crippen molar-refractivity contribution < 1.29 is 5.11 Å². The van der Waals surface area contributed by atoms with Gasteiger partial charge in [-0.15, -0.1) is 0 Å². The summed E-state index contributed by atoms with van der Waals surface area (Å²) in [7, 11) is 0. The second kappa shape index (κ2) is 3.98. The van der Waals surface area contributed by atoms with Crippen LogP contribution in [0.5, 0.6) is 5.75 Å². The fraction of sp³-hybridized carbons (Fsp3) is 0.250. The van der Waals surface area contributed by atoms with Gasteiger partial charge in [0.1, 0.15) is 5.75 Å². The number of hydrogen-bond acceptors (Lipinski definition) is 3. The normalized spacial score (nSPS) is 10.7. The molecule has 1 aromatic heterocycles. The summed E-state index contributed by atoms with van der Waals surface area (Å²) < 4.78 is 1.80. The van der Waals surface area contributed by atoms with Crippen LogP contribution in [0.2, 0.25) is 0 Å². The summed E-state index contributed by atoms with van der Waals surface area (Å²) in [5.41, 5.74) is 9.53. The molecule has 0 saturated carbocycles. The average molecular weight is 217 g/mol. The Bertz CT molecular complexity index is 517. The minimum absolute atomic E-state index is 0.236. The minimum Gasteiger partial charge on any atom is -0.508 e. The van der Waals surface area contributed by atoms with Crippen molar-refractivity contribution in [2.45, 2.75) is 20.4 Å². The number of aryl methyl sites for hydroxylation is 1. The first-order valence-corrected chi connectivity index (χ1v) is 5.18. The molecule has 0 spiro atoms. The van der Waals surface area contributed by atoms with Crippen molar-refractivity contribution in [3.63, 3.8) is 0 Å². The van der Waals surface area contributed by atoms with Crippen molar-refractivity contribution >= 4 is 0 Å². The van der Waals surface area contributed by atoms with Gasteiger partial charge in [0.15, 0.2) is 0 Å². The van der Waals surface area contributed by atoms with Gasteiger partial charge in [0.25, 0.3) is 0 Å². The van der Waals surface area contributed by atoms with Gasteiger partial charge in [-0.2, -0.15) is 5.10 Å². The monoisotopic (exact) mass is 217 g/mol. The molecular formula is C12H15N3O. The molecule has 4 nitrogen and oxygen atoms in total. The summed E-state index contributed by atoms with van der Waals surface area (Å²) in [4.78, 5) is 0. The van der Waals surface area contributed by atoms with Gasteiger partial charge in [0, 0.05) is 23.9 Å². The van der Waals surface area contributed by atoms with Gasteiger partial charge in [-0.3, -0.25) is 0 Å². The highest BCUT2D eigenvalue weighted by Gasteiger charge is 2.11. The first-order valence-electron chi connectivity index (χ1n) is 5.18. The zero-order valence-corrected chi connectivity index (χ0v) is 9.44. The van der Waals surface area contributed by atoms with Crippen LogP contribution in [0.3, 0.4) is 0 Å². The van der Waals surface area contributed by atoms with Crippen molar-refractivity contribution in [3.05, 3.63) is 41.2 Å². The molecule has 84 valence electrons. The number of nitrogens with zero attached hydrogens (tertiary/aromatic N) is 2. The third-order valence-electron chi connectivity index (χ3n) is 2.72. The van der Waals surface area contributed by atoms with Gasteiger partial charge in [-0.1, -0.05) is 6.07 Å². The van der Waals surface area contributed by atoms with Crippen molar-refractivity contribution in [3.8, 4) is 11.4 Å². The lowest BCUT2D eigenvalue weighted by Crippen LogP contribution is -2.01. The molecule has 3 N–H and O–H groups in total. The van der Waals surface area contributed by atoms with E-state index in [0.29, 0.717) is 6.54 Å². The minimum atomic E-state index is 0.236. The van der Waals surface area contributed by atoms with E-state index >= 15 is 0 Å². The molecule has 0 unspecified atom stereocenters. The number of rotatable bonds is 2. The van der Waals surface area contributed by atoms with Crippen molar-refractivity contribution in [2.24, 2.45) is 5.73 Å². The van der Waals surface area contributed by atoms with E-state index in [1.807, 2.05) is 19.9 Å². The maximum Gasteiger partial charge on any atom is 0.117 e. The third-order valence-corrected chi connectivity index (χ3v) is 2.72. The van der Waals surface area contributed by atoms with Crippen LogP contribution in [-0.4, -0.2) is 14.9 Å². The largest absolute Gasteiger partial charge is 0.508 e. The van der Waals surface area contributed by atoms with Crippen molar-refractivity contribution in [2.75, 3.05) is 0 Å². The number of aromatic hydroxyl groups is 1. The predicted octanol–water partition coefficient (Wildman–Crippen LogP) is 1.65. The first-order chi connectivity index (χ1) is 7.63. The molecule has 0 fully saturated rings. The maximum absolute atomic E-state index is 9.43. The standard InChI is InChI=1S/C12H15N3O/c1-8-12(7-13)9(2)15(14-8)10-4-3-5-11(16)6-10/h3-6,16H,7,13H2,1-2H3. The fourth-order valence-electron chi connectivity index (χ4n) is 1.85. The zero-order chi connectivity index (χ0) is 11.7. The van der Waals surface area contributed by atoms with E-state index in [0.717, 1.165) is 22.6 Å². The van der Waals surface area contributed by atoms with Gasteiger partial charge < -0.3 is 10.8 Å². The van der Waals surface area contributed by atoms with E-state index in [2.05, 4.69) is 5.10 Å². The van der Waals surface area contributed by atoms with Gasteiger partial charge in [-0.25, -0.2) is 4.68 Å². The fourth-order valence-corrected chi connectivity index (χ4v) is 1.85. The SMILES string of the molecule is Cc1nn(-c2cccc(O)c2)c(C)c1CN. The second-order valence-corrected chi connectivity index (χ2v) is 3.79. The molecule has 0 bridgehead atoms. The van der Waals surface area contributed by atoms with Crippen LogP contribution in [0, 0.1) is 13.8 Å². The number of hydrogen-bond donors (Lipinski definition) is 2. The second-order valence-electron chi connectivity index (χ2n) is 3.79. The highest BCUT2D eigenvalue weighted by Crippen LogP contribution is 2.20. The molecule has 0 aliphatic rings. The lowest BCUT2D eigenvalue weighted by molar-refractivity contribution is 0.474. The summed E-state index contributed by atoms with van der Waals surface area (Å²) in [5, 5.41) is 13.9. The third kappa shape index (κ3) is 1.67. The Hall–Kier alpha value is -1.81. The highest BCUT2D eigenvalue weighted by atomic mass is 16.3. The Labute approximate surface area is 94.3 Å². The van der Waals surface area contributed by atoms with E-state index in [9.17, 15) is 5.11 Å². The quantitative estimate of drug-likeness (QED) is 0.804. The van der Waals surface area contributed by atoms with E-state index in [1.54, 1.807) is 22.9 Å². The van der Waals surface area contributed by atoms with Gasteiger partial charge in [0.2, 0.25) is 0 Å². The summed E-state index contributed by atoms with van der Waals surface area (Å²) in [6.45, 7) is 4.40. The number of aromatic nitrogens is 2. The van der Waals surface area contributed by atoms with Gasteiger partial charge in [0.05, 0.1) is 11.4 Å². The van der Waals surface area contributed by atoms with Crippen LogP contribution < -0.4 is 5.73 Å². The molecule has 0 saturated heterocycles. The predicted molar refractivity (Wildman–Crippen MR) is 62.6 cm³/mol. The molecule has 2 rings (SSSR count). The maximum atomic E-state index is 9.43. The summed E-state index contributed by atoms with van der Waals surface area (Å²) in [5.74, 6) is 0.236. The zero-order valence-electron chi connectivity index (χ0n) is 9.44. The lowest BCUT2D eigenvalue weighted by Gasteiger charge is -2.05. The van der Waals surface area contributed by atoms with Crippen LogP contribution in [0.15, 0.2) is 24.3 Å². The summed E-state index contributed by atoms with van der Waals surface area (Å²) in [6, 6.07) is 7.02. The molecular weight excluding hydrogens is 202 g/mol. The van der Waals surface area contributed by atoms with Crippen LogP contribution in [-0.2, 0) is 6.54 Å². The topological polar surface area (TPSA) is 64.1 Å². The van der Waals surface area contributed by atoms with E-state index < -0.39 is 0 Å². The molecule has 16 heavy (non-hydrogen) atoms. The number of phenolic OH excluding ortho intramolecular Hbond substituents is 1. The molecule has 0 aliphatic heterocycles. The van der Waals surface area contributed by atoms with E-state index in [4.69, 9.17) is 5.73 Å². The number of benzene rings is 1. The Morgan fingerprint density at radius 3 is 2.69 bits per heavy atom. The highest BCUT2D eigenvalue weighted by molar-refractivity contribution is 5.41. The average Bonchev–Trinajstić information content (AvgIpc) is 2.54. The number of phenols is 1. The molecule has 1 aromatic carbocycles. The molecule has 2 aromatic rings. The van der Waals surface area contributed by atoms with Gasteiger partial charge in [-0.05, 0) is 26.0 Å². The first kappa shape index (κ1) is 10.7. The van der Waals surface area contributed by atoms with Crippen molar-refractivity contribution in [1.29, 1.82) is 0 Å². The van der Waals surface area contributed by atoms with Crippen LogP contribution in [0.1, 0.15) is 17.0 Å². The molecule has 1 heterocycles. The molecule has 0 radical (unpaired) electrons. The lowest BCUT2D eigenvalue weighted by atomic mass is 10.2. The Balaban J connectivity index is 2.56. The summed E-state index contributed by atoms with van der Waals surface area (Å²) in [6.07, 6.45) is 0. The molecule has 0 aliphatic carbocycles. The van der Waals surface area contributed by atoms with Crippen LogP contribution in [0.25, 0.3) is 5.69 Å². The Morgan fingerprint density at radius 1 is 1.38 bits per heavy atom. The molecule has 0 atom stereocenters. The molecule has 4 heteroatoms. The smallest absolute Gasteiger partial charge is 0.117 e. The Morgan fingerprint density at radius 2 is 2.12 bits per heavy atom. The van der Waals surface area contributed by atoms with Crippen molar-refractivity contribution in [1.82, 2.24) is 9.78 Å².